The molecule has 1 aliphatic carbocycles. The number of carbonyl (C=O) groups excluding carboxylic acids is 2. The summed E-state index contributed by atoms with van der Waals surface area (Å²) in [5, 5.41) is 11.6. The van der Waals surface area contributed by atoms with Crippen LogP contribution in [0.5, 0.6) is 0 Å². The molecule has 0 radical (unpaired) electrons. The van der Waals surface area contributed by atoms with Gasteiger partial charge in [-0.3, -0.25) is 4.79 Å². The van der Waals surface area contributed by atoms with Crippen LogP contribution in [0.4, 0.5) is 0 Å². The van der Waals surface area contributed by atoms with Crippen molar-refractivity contribution in [3.63, 3.8) is 0 Å². The van der Waals surface area contributed by atoms with Gasteiger partial charge in [0.25, 0.3) is 0 Å². The lowest BCUT2D eigenvalue weighted by Crippen LogP contribution is -2.44. The Morgan fingerprint density at radius 3 is 2.33 bits per heavy atom. The van der Waals surface area contributed by atoms with E-state index in [9.17, 15) is 14.4 Å². The molecule has 102 valence electrons. The van der Waals surface area contributed by atoms with E-state index in [0.29, 0.717) is 0 Å². The second-order valence-corrected chi connectivity index (χ2v) is 4.98. The lowest BCUT2D eigenvalue weighted by Gasteiger charge is -2.23. The maximum absolute atomic E-state index is 11.9. The van der Waals surface area contributed by atoms with Crippen LogP contribution in [0, 0.1) is 5.92 Å². The van der Waals surface area contributed by atoms with E-state index in [2.05, 4.69) is 5.32 Å². The number of carboxylic acid groups (broad SMARTS) is 1. The van der Waals surface area contributed by atoms with Crippen molar-refractivity contribution < 1.29 is 19.5 Å². The molecule has 1 fully saturated rings. The predicted octanol–water partition coefficient (Wildman–Crippen LogP) is 1.51. The van der Waals surface area contributed by atoms with E-state index in [0.717, 1.165) is 32.1 Å². The SMILES string of the molecule is CC(=O)CC[C@H](NC(=O)C1CCCCC1)C(=O)O. The first-order chi connectivity index (χ1) is 8.50. The van der Waals surface area contributed by atoms with Crippen LogP contribution in [0.25, 0.3) is 0 Å². The third kappa shape index (κ3) is 4.85. The molecule has 5 heteroatoms. The number of Topliss-reactive ketones (excluding diaryl/α,β-unsaturated/α-hetero) is 1. The summed E-state index contributed by atoms with van der Waals surface area (Å²) in [6.07, 6.45) is 5.24. The summed E-state index contributed by atoms with van der Waals surface area (Å²) in [6.45, 7) is 1.42. The van der Waals surface area contributed by atoms with Gasteiger partial charge < -0.3 is 15.2 Å². The van der Waals surface area contributed by atoms with E-state index >= 15 is 0 Å². The summed E-state index contributed by atoms with van der Waals surface area (Å²) in [5.74, 6) is -1.36. The Balaban J connectivity index is 2.46. The molecule has 1 saturated carbocycles. The fourth-order valence-electron chi connectivity index (χ4n) is 2.26. The van der Waals surface area contributed by atoms with E-state index in [1.165, 1.54) is 6.92 Å². The van der Waals surface area contributed by atoms with Crippen LogP contribution in [0.2, 0.25) is 0 Å². The summed E-state index contributed by atoms with van der Waals surface area (Å²) >= 11 is 0. The van der Waals surface area contributed by atoms with E-state index in [-0.39, 0.29) is 30.4 Å². The van der Waals surface area contributed by atoms with Crippen molar-refractivity contribution in [3.8, 4) is 0 Å². The summed E-state index contributed by atoms with van der Waals surface area (Å²) in [4.78, 5) is 33.8. The van der Waals surface area contributed by atoms with Gasteiger partial charge in [-0.2, -0.15) is 0 Å². The van der Waals surface area contributed by atoms with Crippen LogP contribution in [0.15, 0.2) is 0 Å². The molecule has 0 saturated heterocycles. The highest BCUT2D eigenvalue weighted by Crippen LogP contribution is 2.23. The van der Waals surface area contributed by atoms with Crippen molar-refractivity contribution in [3.05, 3.63) is 0 Å². The van der Waals surface area contributed by atoms with Crippen LogP contribution in [-0.4, -0.2) is 28.8 Å². The normalized spacial score (nSPS) is 18.1. The van der Waals surface area contributed by atoms with Crippen LogP contribution in [-0.2, 0) is 14.4 Å². The first-order valence-corrected chi connectivity index (χ1v) is 6.53. The van der Waals surface area contributed by atoms with Gasteiger partial charge >= 0.3 is 5.97 Å². The van der Waals surface area contributed by atoms with Crippen LogP contribution < -0.4 is 5.32 Å². The van der Waals surface area contributed by atoms with Crippen LogP contribution in [0.1, 0.15) is 51.9 Å². The maximum atomic E-state index is 11.9. The fraction of sp³-hybridized carbons (Fsp3) is 0.769. The van der Waals surface area contributed by atoms with Crippen molar-refractivity contribution in [2.24, 2.45) is 5.92 Å². The van der Waals surface area contributed by atoms with Crippen LogP contribution in [0.3, 0.4) is 0 Å². The van der Waals surface area contributed by atoms with Gasteiger partial charge in [0, 0.05) is 12.3 Å². The van der Waals surface area contributed by atoms with E-state index in [1.807, 2.05) is 0 Å². The molecule has 1 atom stereocenters. The van der Waals surface area contributed by atoms with Crippen molar-refractivity contribution in [2.75, 3.05) is 0 Å². The van der Waals surface area contributed by atoms with E-state index < -0.39 is 12.0 Å². The maximum Gasteiger partial charge on any atom is 0.326 e. The predicted molar refractivity (Wildman–Crippen MR) is 66.1 cm³/mol. The molecule has 0 heterocycles. The van der Waals surface area contributed by atoms with Gasteiger partial charge in [-0.05, 0) is 26.2 Å². The average Bonchev–Trinajstić information content (AvgIpc) is 2.34. The molecular formula is C13H21NO4. The van der Waals surface area contributed by atoms with Crippen LogP contribution >= 0.6 is 0 Å². The van der Waals surface area contributed by atoms with E-state index in [4.69, 9.17) is 5.11 Å². The number of amides is 1. The molecule has 5 nitrogen and oxygen atoms in total. The number of hydrogen-bond donors (Lipinski definition) is 2. The van der Waals surface area contributed by atoms with Gasteiger partial charge in [0.05, 0.1) is 0 Å². The average molecular weight is 255 g/mol. The summed E-state index contributed by atoms with van der Waals surface area (Å²) in [6, 6.07) is -0.941. The van der Waals surface area contributed by atoms with Crippen molar-refractivity contribution in [1.82, 2.24) is 5.32 Å². The van der Waals surface area contributed by atoms with Gasteiger partial charge in [-0.1, -0.05) is 19.3 Å². The molecule has 0 unspecified atom stereocenters. The van der Waals surface area contributed by atoms with E-state index in [1.54, 1.807) is 0 Å². The smallest absolute Gasteiger partial charge is 0.326 e. The lowest BCUT2D eigenvalue weighted by atomic mass is 9.88. The van der Waals surface area contributed by atoms with Gasteiger partial charge in [0.2, 0.25) is 5.91 Å². The molecule has 0 bridgehead atoms. The molecule has 1 aliphatic rings. The van der Waals surface area contributed by atoms with Gasteiger partial charge in [-0.15, -0.1) is 0 Å². The third-order valence-electron chi connectivity index (χ3n) is 3.38. The topological polar surface area (TPSA) is 83.5 Å². The number of rotatable bonds is 6. The molecule has 0 aromatic heterocycles. The Labute approximate surface area is 107 Å². The Bertz CT molecular complexity index is 321. The molecule has 2 N–H and O–H groups in total. The first-order valence-electron chi connectivity index (χ1n) is 6.53. The minimum absolute atomic E-state index is 0.0575. The standard InChI is InChI=1S/C13H21NO4/c1-9(15)7-8-11(13(17)18)14-12(16)10-5-3-2-4-6-10/h10-11H,2-8H2,1H3,(H,14,16)(H,17,18)/t11-/m0/s1. The Morgan fingerprint density at radius 1 is 1.22 bits per heavy atom. The molecule has 0 spiro atoms. The van der Waals surface area contributed by atoms with Crippen molar-refractivity contribution in [1.29, 1.82) is 0 Å². The van der Waals surface area contributed by atoms with Crippen molar-refractivity contribution >= 4 is 17.7 Å². The molecule has 1 amide bonds. The molecule has 18 heavy (non-hydrogen) atoms. The Morgan fingerprint density at radius 2 is 1.83 bits per heavy atom. The fourth-order valence-corrected chi connectivity index (χ4v) is 2.26. The highest BCUT2D eigenvalue weighted by Gasteiger charge is 2.26. The summed E-state index contributed by atoms with van der Waals surface area (Å²) in [5.41, 5.74) is 0. The zero-order chi connectivity index (χ0) is 13.5. The number of hydrogen-bond acceptors (Lipinski definition) is 3. The monoisotopic (exact) mass is 255 g/mol. The quantitative estimate of drug-likeness (QED) is 0.753. The number of ketones is 1. The molecular weight excluding hydrogens is 234 g/mol. The molecule has 0 aromatic carbocycles. The minimum atomic E-state index is -1.07. The highest BCUT2D eigenvalue weighted by molar-refractivity contribution is 5.85. The number of carbonyl (C=O) groups is 3. The second-order valence-electron chi connectivity index (χ2n) is 4.98. The number of aliphatic carboxylic acids is 1. The van der Waals surface area contributed by atoms with Gasteiger partial charge in [0.1, 0.15) is 11.8 Å². The summed E-state index contributed by atoms with van der Waals surface area (Å²) in [7, 11) is 0. The number of nitrogens with one attached hydrogen (secondary N) is 1. The molecule has 1 rings (SSSR count). The zero-order valence-corrected chi connectivity index (χ0v) is 10.8. The molecule has 0 aliphatic heterocycles. The number of carboxylic acids is 1. The largest absolute Gasteiger partial charge is 0.480 e. The van der Waals surface area contributed by atoms with Gasteiger partial charge in [0.15, 0.2) is 0 Å². The van der Waals surface area contributed by atoms with Gasteiger partial charge in [-0.25, -0.2) is 4.79 Å². The summed E-state index contributed by atoms with van der Waals surface area (Å²) < 4.78 is 0. The first kappa shape index (κ1) is 14.7. The molecule has 0 aromatic rings. The highest BCUT2D eigenvalue weighted by atomic mass is 16.4. The minimum Gasteiger partial charge on any atom is -0.480 e. The van der Waals surface area contributed by atoms with Crippen molar-refractivity contribution in [2.45, 2.75) is 57.9 Å². The Kier molecular flexibility index (Phi) is 5.82. The second kappa shape index (κ2) is 7.13. The lowest BCUT2D eigenvalue weighted by molar-refractivity contribution is -0.143. The Hall–Kier alpha value is -1.39. The zero-order valence-electron chi connectivity index (χ0n) is 10.8. The third-order valence-corrected chi connectivity index (χ3v) is 3.38.